The van der Waals surface area contributed by atoms with Gasteiger partial charge in [0.25, 0.3) is 5.91 Å². The van der Waals surface area contributed by atoms with Crippen LogP contribution in [0, 0.1) is 0 Å². The molecule has 0 aliphatic carbocycles. The van der Waals surface area contributed by atoms with E-state index in [9.17, 15) is 4.79 Å². The average Bonchev–Trinajstić information content (AvgIpc) is 3.37. The molecule has 1 aliphatic rings. The minimum Gasteiger partial charge on any atom is -0.458 e. The number of hydrogen-bond acceptors (Lipinski definition) is 4. The van der Waals surface area contributed by atoms with E-state index in [-0.39, 0.29) is 5.91 Å². The van der Waals surface area contributed by atoms with E-state index in [4.69, 9.17) is 16.0 Å². The van der Waals surface area contributed by atoms with Gasteiger partial charge in [-0.05, 0) is 12.1 Å². The normalized spacial score (nSPS) is 16.7. The highest BCUT2D eigenvalue weighted by Crippen LogP contribution is 2.37. The van der Waals surface area contributed by atoms with Gasteiger partial charge in [0.2, 0.25) is 0 Å². The van der Waals surface area contributed by atoms with E-state index in [1.54, 1.807) is 24.3 Å². The largest absolute Gasteiger partial charge is 0.458 e. The topological polar surface area (TPSA) is 80.0 Å². The zero-order valence-electron chi connectivity index (χ0n) is 14.5. The number of nitrogens with zero attached hydrogens (tertiary/aromatic N) is 4. The minimum absolute atomic E-state index is 0.156. The van der Waals surface area contributed by atoms with Gasteiger partial charge in [0.05, 0.1) is 12.0 Å². The standard InChI is InChI=1S/C19H16ClN5O2/c1-24-13(9-16(20)23-24)19(26)25-7-6-12-17(22-10-21-12)18(25)15-8-11-4-2-3-5-14(11)27-15/h2-5,8-10,18H,6-7H2,1H3,(H,21,22)/t18-/m1/s1. The second-order valence-corrected chi connectivity index (χ2v) is 6.97. The van der Waals surface area contributed by atoms with Crippen molar-refractivity contribution in [2.45, 2.75) is 12.5 Å². The maximum Gasteiger partial charge on any atom is 0.273 e. The summed E-state index contributed by atoms with van der Waals surface area (Å²) in [6, 6.07) is 10.9. The lowest BCUT2D eigenvalue weighted by Crippen LogP contribution is -2.41. The lowest BCUT2D eigenvalue weighted by Gasteiger charge is -2.33. The molecule has 136 valence electrons. The van der Waals surface area contributed by atoms with Crippen molar-refractivity contribution in [3.8, 4) is 0 Å². The van der Waals surface area contributed by atoms with Crippen molar-refractivity contribution in [2.75, 3.05) is 6.54 Å². The number of para-hydroxylation sites is 1. The van der Waals surface area contributed by atoms with Crippen LogP contribution in [0.25, 0.3) is 11.0 Å². The van der Waals surface area contributed by atoms with Crippen LogP contribution in [0.5, 0.6) is 0 Å². The van der Waals surface area contributed by atoms with Gasteiger partial charge in [-0.15, -0.1) is 0 Å². The first-order valence-corrected chi connectivity index (χ1v) is 9.01. The van der Waals surface area contributed by atoms with Crippen LogP contribution in [0.2, 0.25) is 5.15 Å². The summed E-state index contributed by atoms with van der Waals surface area (Å²) in [6.45, 7) is 0.540. The molecule has 0 bridgehead atoms. The number of H-pyrrole nitrogens is 1. The number of aromatic amines is 1. The smallest absolute Gasteiger partial charge is 0.273 e. The number of aryl methyl sites for hydroxylation is 1. The highest BCUT2D eigenvalue weighted by molar-refractivity contribution is 6.29. The first-order valence-electron chi connectivity index (χ1n) is 8.63. The molecule has 1 atom stereocenters. The Morgan fingerprint density at radius 2 is 2.19 bits per heavy atom. The first-order chi connectivity index (χ1) is 13.1. The monoisotopic (exact) mass is 381 g/mol. The second-order valence-electron chi connectivity index (χ2n) is 6.58. The van der Waals surface area contributed by atoms with E-state index in [1.807, 2.05) is 30.3 Å². The van der Waals surface area contributed by atoms with Crippen LogP contribution in [0.1, 0.15) is 33.7 Å². The van der Waals surface area contributed by atoms with Crippen molar-refractivity contribution in [2.24, 2.45) is 7.05 Å². The molecule has 8 heteroatoms. The van der Waals surface area contributed by atoms with Gasteiger partial charge in [0.15, 0.2) is 5.15 Å². The molecule has 0 fully saturated rings. The summed E-state index contributed by atoms with van der Waals surface area (Å²) < 4.78 is 7.59. The Kier molecular flexibility index (Phi) is 3.58. The van der Waals surface area contributed by atoms with Gasteiger partial charge in [0.1, 0.15) is 23.1 Å². The summed E-state index contributed by atoms with van der Waals surface area (Å²) in [7, 11) is 1.71. The lowest BCUT2D eigenvalue weighted by molar-refractivity contribution is 0.0661. The Morgan fingerprint density at radius 3 is 2.96 bits per heavy atom. The molecule has 4 heterocycles. The Morgan fingerprint density at radius 1 is 1.33 bits per heavy atom. The van der Waals surface area contributed by atoms with Crippen molar-refractivity contribution < 1.29 is 9.21 Å². The molecule has 0 unspecified atom stereocenters. The van der Waals surface area contributed by atoms with Gasteiger partial charge in [-0.1, -0.05) is 29.8 Å². The Balaban J connectivity index is 1.64. The summed E-state index contributed by atoms with van der Waals surface area (Å²) in [5.74, 6) is 0.530. The quantitative estimate of drug-likeness (QED) is 0.577. The SMILES string of the molecule is Cn1nc(Cl)cc1C(=O)N1CCc2[nH]cnc2[C@H]1c1cc2ccccc2o1. The number of hydrogen-bond donors (Lipinski definition) is 1. The summed E-state index contributed by atoms with van der Waals surface area (Å²) in [4.78, 5) is 22.7. The maximum absolute atomic E-state index is 13.3. The molecule has 1 amide bonds. The van der Waals surface area contributed by atoms with Crippen molar-refractivity contribution in [1.82, 2.24) is 24.6 Å². The number of halogens is 1. The van der Waals surface area contributed by atoms with E-state index in [0.29, 0.717) is 29.6 Å². The molecule has 27 heavy (non-hydrogen) atoms. The Labute approximate surface area is 159 Å². The lowest BCUT2D eigenvalue weighted by atomic mass is 9.99. The van der Waals surface area contributed by atoms with Gasteiger partial charge < -0.3 is 14.3 Å². The number of carbonyl (C=O) groups is 1. The second kappa shape index (κ2) is 5.99. The summed E-state index contributed by atoms with van der Waals surface area (Å²) in [6.07, 6.45) is 2.36. The molecule has 5 rings (SSSR count). The van der Waals surface area contributed by atoms with Crippen LogP contribution >= 0.6 is 11.6 Å². The molecule has 1 aliphatic heterocycles. The number of carbonyl (C=O) groups excluding carboxylic acids is 1. The predicted octanol–water partition coefficient (Wildman–Crippen LogP) is 3.33. The maximum atomic E-state index is 13.3. The molecular weight excluding hydrogens is 366 g/mol. The highest BCUT2D eigenvalue weighted by atomic mass is 35.5. The average molecular weight is 382 g/mol. The van der Waals surface area contributed by atoms with Crippen LogP contribution in [0.4, 0.5) is 0 Å². The number of aromatic nitrogens is 4. The molecule has 7 nitrogen and oxygen atoms in total. The molecular formula is C19H16ClN5O2. The number of nitrogens with one attached hydrogen (secondary N) is 1. The first kappa shape index (κ1) is 16.1. The fourth-order valence-corrected chi connectivity index (χ4v) is 3.92. The highest BCUT2D eigenvalue weighted by Gasteiger charge is 2.37. The molecule has 1 aromatic carbocycles. The van der Waals surface area contributed by atoms with E-state index >= 15 is 0 Å². The number of furan rings is 1. The van der Waals surface area contributed by atoms with Gasteiger partial charge in [-0.25, -0.2) is 4.98 Å². The molecule has 0 saturated heterocycles. The summed E-state index contributed by atoms with van der Waals surface area (Å²) in [5.41, 5.74) is 3.04. The summed E-state index contributed by atoms with van der Waals surface area (Å²) >= 11 is 5.98. The molecule has 0 saturated carbocycles. The van der Waals surface area contributed by atoms with E-state index in [2.05, 4.69) is 15.1 Å². The Bertz CT molecular complexity index is 1120. The van der Waals surface area contributed by atoms with Crippen LogP contribution in [0.15, 0.2) is 47.1 Å². The molecule has 0 radical (unpaired) electrons. The van der Waals surface area contributed by atoms with E-state index in [0.717, 1.165) is 22.4 Å². The molecule has 4 aromatic rings. The third-order valence-electron chi connectivity index (χ3n) is 4.97. The van der Waals surface area contributed by atoms with Crippen molar-refractivity contribution in [1.29, 1.82) is 0 Å². The predicted molar refractivity (Wildman–Crippen MR) is 99.6 cm³/mol. The number of fused-ring (bicyclic) bond motifs is 2. The van der Waals surface area contributed by atoms with Crippen LogP contribution < -0.4 is 0 Å². The third-order valence-corrected chi connectivity index (χ3v) is 5.15. The minimum atomic E-state index is -0.409. The van der Waals surface area contributed by atoms with Gasteiger partial charge in [0, 0.05) is 37.2 Å². The third kappa shape index (κ3) is 2.54. The number of benzene rings is 1. The zero-order chi connectivity index (χ0) is 18.5. The van der Waals surface area contributed by atoms with Gasteiger partial charge >= 0.3 is 0 Å². The molecule has 3 aromatic heterocycles. The van der Waals surface area contributed by atoms with Crippen molar-refractivity contribution >= 4 is 28.5 Å². The van der Waals surface area contributed by atoms with Gasteiger partial charge in [-0.3, -0.25) is 9.48 Å². The van der Waals surface area contributed by atoms with Crippen LogP contribution in [0.3, 0.4) is 0 Å². The van der Waals surface area contributed by atoms with Crippen molar-refractivity contribution in [3.63, 3.8) is 0 Å². The molecule has 1 N–H and O–H groups in total. The summed E-state index contributed by atoms with van der Waals surface area (Å²) in [5, 5.41) is 5.37. The van der Waals surface area contributed by atoms with Gasteiger partial charge in [-0.2, -0.15) is 5.10 Å². The fourth-order valence-electron chi connectivity index (χ4n) is 3.70. The number of amides is 1. The van der Waals surface area contributed by atoms with Crippen LogP contribution in [-0.2, 0) is 13.5 Å². The fraction of sp³-hybridized carbons (Fsp3) is 0.211. The zero-order valence-corrected chi connectivity index (χ0v) is 15.3. The van der Waals surface area contributed by atoms with Crippen molar-refractivity contribution in [3.05, 3.63) is 70.7 Å². The Hall–Kier alpha value is -3.06. The number of rotatable bonds is 2. The molecule has 0 spiro atoms. The number of imidazole rings is 1. The van der Waals surface area contributed by atoms with Crippen LogP contribution in [-0.4, -0.2) is 37.1 Å². The van der Waals surface area contributed by atoms with E-state index in [1.165, 1.54) is 4.68 Å². The van der Waals surface area contributed by atoms with E-state index < -0.39 is 6.04 Å².